The Kier molecular flexibility index (Phi) is 3.46. The molecule has 0 aromatic rings. The zero-order valence-corrected chi connectivity index (χ0v) is 12.3. The van der Waals surface area contributed by atoms with Gasteiger partial charge < -0.3 is 15.4 Å². The summed E-state index contributed by atoms with van der Waals surface area (Å²) in [5, 5.41) is 0. The number of rotatable bonds is 2. The maximum atomic E-state index is 6.18. The predicted octanol–water partition coefficient (Wildman–Crippen LogP) is 1.99. The van der Waals surface area contributed by atoms with E-state index in [1.165, 1.54) is 32.1 Å². The summed E-state index contributed by atoms with van der Waals surface area (Å²) in [7, 11) is 0. The van der Waals surface area contributed by atoms with E-state index in [9.17, 15) is 0 Å². The molecule has 2 N–H and O–H groups in total. The molecule has 0 aromatic carbocycles. The van der Waals surface area contributed by atoms with E-state index < -0.39 is 0 Å². The largest absolute Gasteiger partial charge is 0.376 e. The zero-order chi connectivity index (χ0) is 13.5. The molecule has 4 unspecified atom stereocenters. The van der Waals surface area contributed by atoms with Gasteiger partial charge in [0.15, 0.2) is 5.96 Å². The van der Waals surface area contributed by atoms with Crippen LogP contribution in [0.25, 0.3) is 0 Å². The quantitative estimate of drug-likeness (QED) is 0.830. The van der Waals surface area contributed by atoms with Crippen LogP contribution in [-0.4, -0.2) is 42.2 Å². The van der Waals surface area contributed by atoms with Crippen molar-refractivity contribution in [3.05, 3.63) is 0 Å². The molecule has 1 saturated carbocycles. The maximum Gasteiger partial charge on any atom is 0.191 e. The van der Waals surface area contributed by atoms with Crippen LogP contribution in [0.2, 0.25) is 0 Å². The lowest BCUT2D eigenvalue weighted by Gasteiger charge is -2.48. The predicted molar refractivity (Wildman–Crippen MR) is 77.1 cm³/mol. The van der Waals surface area contributed by atoms with Crippen molar-refractivity contribution >= 4 is 5.96 Å². The van der Waals surface area contributed by atoms with Gasteiger partial charge in [0.2, 0.25) is 0 Å². The zero-order valence-electron chi connectivity index (χ0n) is 12.3. The van der Waals surface area contributed by atoms with E-state index in [0.717, 1.165) is 31.6 Å². The van der Waals surface area contributed by atoms with Crippen LogP contribution in [0.1, 0.15) is 46.0 Å². The SMILES string of the molecule is CC1CCC2(CN=C(N)N2CC2CCCO2)C(C)C1. The lowest BCUT2D eigenvalue weighted by Crippen LogP contribution is -2.59. The van der Waals surface area contributed by atoms with Crippen LogP contribution < -0.4 is 5.73 Å². The first-order valence-corrected chi connectivity index (χ1v) is 7.81. The second-order valence-electron chi connectivity index (χ2n) is 6.80. The average molecular weight is 265 g/mol. The molecule has 1 saturated heterocycles. The Hall–Kier alpha value is -0.770. The Morgan fingerprint density at radius 1 is 1.42 bits per heavy atom. The van der Waals surface area contributed by atoms with Gasteiger partial charge in [0.05, 0.1) is 18.2 Å². The average Bonchev–Trinajstić information content (AvgIpc) is 2.98. The molecule has 2 fully saturated rings. The van der Waals surface area contributed by atoms with Crippen molar-refractivity contribution in [3.63, 3.8) is 0 Å². The Balaban J connectivity index is 1.76. The fraction of sp³-hybridized carbons (Fsp3) is 0.933. The third-order valence-corrected chi connectivity index (χ3v) is 5.48. The first-order valence-electron chi connectivity index (χ1n) is 7.81. The second kappa shape index (κ2) is 4.97. The molecule has 2 aliphatic heterocycles. The van der Waals surface area contributed by atoms with Crippen molar-refractivity contribution in [3.8, 4) is 0 Å². The van der Waals surface area contributed by atoms with Gasteiger partial charge in [0, 0.05) is 13.2 Å². The van der Waals surface area contributed by atoms with Gasteiger partial charge in [0.1, 0.15) is 0 Å². The van der Waals surface area contributed by atoms with Crippen molar-refractivity contribution < 1.29 is 4.74 Å². The molecule has 4 heteroatoms. The van der Waals surface area contributed by atoms with E-state index in [1.807, 2.05) is 0 Å². The smallest absolute Gasteiger partial charge is 0.191 e. The lowest BCUT2D eigenvalue weighted by molar-refractivity contribution is 0.0201. The Bertz CT molecular complexity index is 364. The van der Waals surface area contributed by atoms with Crippen LogP contribution in [0.15, 0.2) is 4.99 Å². The van der Waals surface area contributed by atoms with Crippen molar-refractivity contribution in [2.75, 3.05) is 19.7 Å². The van der Waals surface area contributed by atoms with Crippen molar-refractivity contribution in [1.82, 2.24) is 4.90 Å². The molecule has 19 heavy (non-hydrogen) atoms. The first-order chi connectivity index (χ1) is 9.12. The molecule has 108 valence electrons. The van der Waals surface area contributed by atoms with E-state index in [4.69, 9.17) is 10.5 Å². The number of aliphatic imine (C=N–C) groups is 1. The number of hydrogen-bond donors (Lipinski definition) is 1. The Morgan fingerprint density at radius 2 is 2.26 bits per heavy atom. The molecule has 3 aliphatic rings. The number of nitrogens with zero attached hydrogens (tertiary/aromatic N) is 2. The molecule has 1 aliphatic carbocycles. The highest BCUT2D eigenvalue weighted by atomic mass is 16.5. The molecule has 0 radical (unpaired) electrons. The van der Waals surface area contributed by atoms with E-state index in [0.29, 0.717) is 12.0 Å². The van der Waals surface area contributed by atoms with E-state index >= 15 is 0 Å². The van der Waals surface area contributed by atoms with Gasteiger partial charge >= 0.3 is 0 Å². The maximum absolute atomic E-state index is 6.18. The molecule has 4 atom stereocenters. The third kappa shape index (κ3) is 2.24. The lowest BCUT2D eigenvalue weighted by atomic mass is 9.69. The first kappa shape index (κ1) is 13.2. The monoisotopic (exact) mass is 265 g/mol. The van der Waals surface area contributed by atoms with Gasteiger partial charge in [-0.3, -0.25) is 4.99 Å². The number of nitrogens with two attached hydrogens (primary N) is 1. The summed E-state index contributed by atoms with van der Waals surface area (Å²) in [4.78, 5) is 6.97. The molecule has 0 amide bonds. The summed E-state index contributed by atoms with van der Waals surface area (Å²) in [6.07, 6.45) is 6.54. The highest BCUT2D eigenvalue weighted by molar-refractivity contribution is 5.81. The minimum Gasteiger partial charge on any atom is -0.376 e. The summed E-state index contributed by atoms with van der Waals surface area (Å²) >= 11 is 0. The van der Waals surface area contributed by atoms with Crippen LogP contribution in [0.4, 0.5) is 0 Å². The van der Waals surface area contributed by atoms with Crippen LogP contribution in [0.5, 0.6) is 0 Å². The van der Waals surface area contributed by atoms with Gasteiger partial charge in [-0.25, -0.2) is 0 Å². The summed E-state index contributed by atoms with van der Waals surface area (Å²) in [5.74, 6) is 2.26. The highest BCUT2D eigenvalue weighted by Crippen LogP contribution is 2.43. The van der Waals surface area contributed by atoms with Crippen molar-refractivity contribution in [2.24, 2.45) is 22.6 Å². The topological polar surface area (TPSA) is 50.8 Å². The molecule has 3 rings (SSSR count). The highest BCUT2D eigenvalue weighted by Gasteiger charge is 2.49. The van der Waals surface area contributed by atoms with Gasteiger partial charge in [-0.05, 0) is 43.9 Å². The third-order valence-electron chi connectivity index (χ3n) is 5.48. The van der Waals surface area contributed by atoms with Crippen LogP contribution >= 0.6 is 0 Å². The molecular weight excluding hydrogens is 238 g/mol. The van der Waals surface area contributed by atoms with Crippen molar-refractivity contribution in [1.29, 1.82) is 0 Å². The fourth-order valence-corrected chi connectivity index (χ4v) is 4.20. The normalized spacial score (nSPS) is 42.9. The summed E-state index contributed by atoms with van der Waals surface area (Å²) in [6, 6.07) is 0. The summed E-state index contributed by atoms with van der Waals surface area (Å²) in [5.41, 5.74) is 6.36. The van der Waals surface area contributed by atoms with Gasteiger partial charge in [-0.1, -0.05) is 13.8 Å². The molecule has 0 bridgehead atoms. The van der Waals surface area contributed by atoms with E-state index in [1.54, 1.807) is 0 Å². The van der Waals surface area contributed by atoms with Crippen LogP contribution in [0, 0.1) is 11.8 Å². The fourth-order valence-electron chi connectivity index (χ4n) is 4.20. The van der Waals surface area contributed by atoms with E-state index in [2.05, 4.69) is 23.7 Å². The minimum atomic E-state index is 0.183. The van der Waals surface area contributed by atoms with Crippen molar-refractivity contribution in [2.45, 2.75) is 57.6 Å². The van der Waals surface area contributed by atoms with E-state index in [-0.39, 0.29) is 5.54 Å². The molecule has 4 nitrogen and oxygen atoms in total. The van der Waals surface area contributed by atoms with Crippen LogP contribution in [-0.2, 0) is 4.74 Å². The van der Waals surface area contributed by atoms with Gasteiger partial charge in [-0.2, -0.15) is 0 Å². The summed E-state index contributed by atoms with van der Waals surface area (Å²) in [6.45, 7) is 7.49. The van der Waals surface area contributed by atoms with Gasteiger partial charge in [0.25, 0.3) is 0 Å². The number of hydrogen-bond acceptors (Lipinski definition) is 4. The minimum absolute atomic E-state index is 0.183. The standard InChI is InChI=1S/C15H27N3O/c1-11-5-6-15(12(2)8-11)10-17-14(16)18(15)9-13-4-3-7-19-13/h11-13H,3-10H2,1-2H3,(H2,16,17). The number of ether oxygens (including phenoxy) is 1. The summed E-state index contributed by atoms with van der Waals surface area (Å²) < 4.78 is 5.80. The molecule has 0 aromatic heterocycles. The molecule has 1 spiro atoms. The Morgan fingerprint density at radius 3 is 2.95 bits per heavy atom. The number of guanidine groups is 1. The Labute approximate surface area is 116 Å². The molecule has 2 heterocycles. The van der Waals surface area contributed by atoms with Crippen LogP contribution in [0.3, 0.4) is 0 Å². The molecular formula is C15H27N3O. The second-order valence-corrected chi connectivity index (χ2v) is 6.80. The van der Waals surface area contributed by atoms with Gasteiger partial charge in [-0.15, -0.1) is 0 Å².